The fraction of sp³-hybridized carbons (Fsp3) is 0.548. The molecule has 2 aromatic carbocycles. The standard InChI is InChI=1S/C31H40Cl2FN3O3/c1-7-19(11-12-30(5,6)40)35-27(38)26-25(17-9-8-10-18(32)13-17)31(24(37-26)16-29(2,3)4)20-14-22(34)21(33)15-23(20)36-28(31)39/h8-10,13-15,19,24-26,37,40H,7,11-12,16H2,1-6H3,(H,35,38)(H,36,39)/t19?,24-,25+,26-,31+/m1/s1. The molecule has 2 heterocycles. The number of aliphatic hydroxyl groups is 1. The fourth-order valence-electron chi connectivity index (χ4n) is 6.33. The Hall–Kier alpha value is -2.19. The highest BCUT2D eigenvalue weighted by atomic mass is 35.5. The molecule has 1 unspecified atom stereocenters. The Balaban J connectivity index is 1.87. The van der Waals surface area contributed by atoms with Crippen LogP contribution < -0.4 is 16.0 Å². The number of nitrogens with one attached hydrogen (secondary N) is 3. The van der Waals surface area contributed by atoms with Crippen LogP contribution in [0.2, 0.25) is 10.0 Å². The van der Waals surface area contributed by atoms with Gasteiger partial charge in [-0.2, -0.15) is 0 Å². The van der Waals surface area contributed by atoms with Crippen LogP contribution in [0.15, 0.2) is 36.4 Å². The molecule has 6 nitrogen and oxygen atoms in total. The van der Waals surface area contributed by atoms with Crippen LogP contribution in [0.25, 0.3) is 0 Å². The van der Waals surface area contributed by atoms with Gasteiger partial charge >= 0.3 is 0 Å². The molecule has 2 aliphatic rings. The molecule has 0 saturated carbocycles. The van der Waals surface area contributed by atoms with E-state index in [1.807, 2.05) is 13.0 Å². The predicted octanol–water partition coefficient (Wildman–Crippen LogP) is 6.33. The molecule has 0 bridgehead atoms. The van der Waals surface area contributed by atoms with Crippen molar-refractivity contribution in [2.24, 2.45) is 5.41 Å². The average molecular weight is 593 g/mol. The van der Waals surface area contributed by atoms with Gasteiger partial charge in [-0.15, -0.1) is 0 Å². The Morgan fingerprint density at radius 1 is 1.18 bits per heavy atom. The van der Waals surface area contributed by atoms with Crippen molar-refractivity contribution in [2.45, 2.75) is 102 Å². The number of hydrogen-bond donors (Lipinski definition) is 4. The van der Waals surface area contributed by atoms with Gasteiger partial charge in [0.05, 0.1) is 16.7 Å². The molecule has 0 aromatic heterocycles. The smallest absolute Gasteiger partial charge is 0.238 e. The van der Waals surface area contributed by atoms with Gasteiger partial charge in [0.25, 0.3) is 0 Å². The number of halogens is 3. The molecular weight excluding hydrogens is 552 g/mol. The van der Waals surface area contributed by atoms with Gasteiger partial charge in [-0.1, -0.05) is 63.0 Å². The fourth-order valence-corrected chi connectivity index (χ4v) is 6.69. The summed E-state index contributed by atoms with van der Waals surface area (Å²) in [6.07, 6.45) is 2.35. The van der Waals surface area contributed by atoms with Gasteiger partial charge < -0.3 is 21.1 Å². The maximum atomic E-state index is 15.0. The van der Waals surface area contributed by atoms with Crippen molar-refractivity contribution < 1.29 is 19.1 Å². The maximum absolute atomic E-state index is 15.0. The Labute approximate surface area is 246 Å². The van der Waals surface area contributed by atoms with Crippen molar-refractivity contribution in [3.8, 4) is 0 Å². The third kappa shape index (κ3) is 6.03. The number of amides is 2. The molecular formula is C31H40Cl2FN3O3. The molecule has 2 aliphatic heterocycles. The summed E-state index contributed by atoms with van der Waals surface area (Å²) in [5.41, 5.74) is -0.736. The van der Waals surface area contributed by atoms with E-state index in [0.29, 0.717) is 47.5 Å². The normalized spacial score (nSPS) is 25.1. The van der Waals surface area contributed by atoms with Crippen molar-refractivity contribution in [3.05, 3.63) is 63.4 Å². The third-order valence-corrected chi connectivity index (χ3v) is 8.66. The van der Waals surface area contributed by atoms with E-state index in [9.17, 15) is 14.7 Å². The number of carbonyl (C=O) groups is 2. The van der Waals surface area contributed by atoms with Gasteiger partial charge in [0.1, 0.15) is 11.2 Å². The topological polar surface area (TPSA) is 90.5 Å². The summed E-state index contributed by atoms with van der Waals surface area (Å²) in [7, 11) is 0. The molecule has 1 spiro atoms. The summed E-state index contributed by atoms with van der Waals surface area (Å²) < 4.78 is 15.0. The number of anilines is 1. The van der Waals surface area contributed by atoms with E-state index in [2.05, 4.69) is 36.7 Å². The van der Waals surface area contributed by atoms with Crippen molar-refractivity contribution in [2.75, 3.05) is 5.32 Å². The first-order chi connectivity index (χ1) is 18.6. The zero-order chi connectivity index (χ0) is 29.6. The lowest BCUT2D eigenvalue weighted by Gasteiger charge is -2.37. The van der Waals surface area contributed by atoms with Crippen LogP contribution >= 0.6 is 23.2 Å². The molecule has 0 radical (unpaired) electrons. The van der Waals surface area contributed by atoms with Crippen LogP contribution in [0, 0.1) is 11.2 Å². The van der Waals surface area contributed by atoms with Crippen LogP contribution in [0.1, 0.15) is 84.3 Å². The number of benzene rings is 2. The van der Waals surface area contributed by atoms with Gasteiger partial charge in [-0.3, -0.25) is 9.59 Å². The number of rotatable bonds is 8. The quantitative estimate of drug-likeness (QED) is 0.289. The van der Waals surface area contributed by atoms with Crippen LogP contribution in [-0.4, -0.2) is 40.6 Å². The molecule has 5 atom stereocenters. The van der Waals surface area contributed by atoms with Gasteiger partial charge in [0.2, 0.25) is 11.8 Å². The second kappa shape index (κ2) is 11.2. The first-order valence-electron chi connectivity index (χ1n) is 13.9. The molecule has 9 heteroatoms. The molecule has 4 N–H and O–H groups in total. The Morgan fingerprint density at radius 2 is 1.88 bits per heavy atom. The minimum absolute atomic E-state index is 0.0828. The SMILES string of the molecule is CCC(CCC(C)(C)O)NC(=O)[C@@H]1N[C@H](CC(C)(C)C)[C@]2(C(=O)Nc3cc(Cl)c(F)cc32)[C@H]1c1cccc(Cl)c1. The summed E-state index contributed by atoms with van der Waals surface area (Å²) >= 11 is 12.6. The molecule has 1 fully saturated rings. The Bertz CT molecular complexity index is 1290. The number of carbonyl (C=O) groups excluding carboxylic acids is 2. The molecule has 2 aromatic rings. The molecule has 4 rings (SSSR count). The highest BCUT2D eigenvalue weighted by Gasteiger charge is 2.66. The maximum Gasteiger partial charge on any atom is 0.238 e. The summed E-state index contributed by atoms with van der Waals surface area (Å²) in [5.74, 6) is -1.87. The summed E-state index contributed by atoms with van der Waals surface area (Å²) in [5, 5.41) is 20.3. The van der Waals surface area contributed by atoms with E-state index in [-0.39, 0.29) is 28.3 Å². The first-order valence-corrected chi connectivity index (χ1v) is 14.7. The Morgan fingerprint density at radius 3 is 2.48 bits per heavy atom. The van der Waals surface area contributed by atoms with Crippen molar-refractivity contribution in [3.63, 3.8) is 0 Å². The highest BCUT2D eigenvalue weighted by molar-refractivity contribution is 6.31. The molecule has 1 saturated heterocycles. The lowest BCUT2D eigenvalue weighted by Crippen LogP contribution is -2.49. The van der Waals surface area contributed by atoms with Crippen molar-refractivity contribution in [1.82, 2.24) is 10.6 Å². The van der Waals surface area contributed by atoms with Gasteiger partial charge in [0.15, 0.2) is 0 Å². The lowest BCUT2D eigenvalue weighted by molar-refractivity contribution is -0.124. The van der Waals surface area contributed by atoms with Crippen LogP contribution in [0.4, 0.5) is 10.1 Å². The van der Waals surface area contributed by atoms with E-state index in [4.69, 9.17) is 23.2 Å². The van der Waals surface area contributed by atoms with Crippen LogP contribution in [0.3, 0.4) is 0 Å². The van der Waals surface area contributed by atoms with Crippen LogP contribution in [0.5, 0.6) is 0 Å². The summed E-state index contributed by atoms with van der Waals surface area (Å²) in [6.45, 7) is 11.7. The van der Waals surface area contributed by atoms with E-state index >= 15 is 4.39 Å². The Kier molecular flexibility index (Phi) is 8.64. The van der Waals surface area contributed by atoms with Crippen LogP contribution in [-0.2, 0) is 15.0 Å². The minimum atomic E-state index is -1.30. The highest BCUT2D eigenvalue weighted by Crippen LogP contribution is 2.57. The van der Waals surface area contributed by atoms with Gasteiger partial charge in [-0.05, 0) is 80.3 Å². The second-order valence-corrected chi connectivity index (χ2v) is 13.9. The molecule has 40 heavy (non-hydrogen) atoms. The van der Waals surface area contributed by atoms with E-state index < -0.39 is 34.8 Å². The number of fused-ring (bicyclic) bond motifs is 2. The number of hydrogen-bond acceptors (Lipinski definition) is 4. The van der Waals surface area contributed by atoms with E-state index in [0.717, 1.165) is 0 Å². The van der Waals surface area contributed by atoms with Gasteiger partial charge in [-0.25, -0.2) is 4.39 Å². The zero-order valence-corrected chi connectivity index (χ0v) is 25.5. The largest absolute Gasteiger partial charge is 0.390 e. The predicted molar refractivity (Wildman–Crippen MR) is 158 cm³/mol. The monoisotopic (exact) mass is 591 g/mol. The zero-order valence-electron chi connectivity index (χ0n) is 24.0. The van der Waals surface area contributed by atoms with Gasteiger partial charge in [0, 0.05) is 28.7 Å². The second-order valence-electron chi connectivity index (χ2n) is 13.1. The minimum Gasteiger partial charge on any atom is -0.390 e. The molecule has 0 aliphatic carbocycles. The summed E-state index contributed by atoms with van der Waals surface area (Å²) in [4.78, 5) is 28.3. The lowest BCUT2D eigenvalue weighted by atomic mass is 9.62. The first kappa shape index (κ1) is 30.8. The van der Waals surface area contributed by atoms with Crippen molar-refractivity contribution >= 4 is 40.7 Å². The summed E-state index contributed by atoms with van der Waals surface area (Å²) in [6, 6.07) is 8.49. The van der Waals surface area contributed by atoms with E-state index in [1.165, 1.54) is 12.1 Å². The molecule has 218 valence electrons. The van der Waals surface area contributed by atoms with E-state index in [1.54, 1.807) is 32.0 Å². The molecule has 2 amide bonds. The average Bonchev–Trinajstić information content (AvgIpc) is 3.30. The van der Waals surface area contributed by atoms with Crippen molar-refractivity contribution in [1.29, 1.82) is 0 Å². The third-order valence-electron chi connectivity index (χ3n) is 8.13.